The maximum atomic E-state index is 2.69. The first-order valence-corrected chi connectivity index (χ1v) is 21.9. The molecule has 1 nitrogen and oxygen atoms in total. The standard InChI is InChI=1S/C54H49N/c1-2-10-43-36(8-1)9-7-15-52(43)55(41-17-19-50-47(30-41)45-12-4-6-14-49(45)53(50)37-22-32-20-33(24-37)25-38(53)23-32)42-16-18-46-44-11-3-5-13-48(44)54(51(46)31-42)39-26-34-21-35(28-39)29-40(54)27-34/h1-19,30-35,37-40H,20-29H2. The van der Waals surface area contributed by atoms with Crippen molar-refractivity contribution < 1.29 is 0 Å². The Morgan fingerprint density at radius 2 is 0.836 bits per heavy atom. The Balaban J connectivity index is 0.996. The maximum Gasteiger partial charge on any atom is 0.0540 e. The van der Waals surface area contributed by atoms with E-state index in [1.54, 1.807) is 22.3 Å². The minimum Gasteiger partial charge on any atom is -0.310 e. The third kappa shape index (κ3) is 3.73. The maximum absolute atomic E-state index is 2.69. The Bertz CT molecular complexity index is 2550. The highest BCUT2D eigenvalue weighted by atomic mass is 15.1. The van der Waals surface area contributed by atoms with Gasteiger partial charge in [0.1, 0.15) is 0 Å². The molecule has 0 atom stereocenters. The molecule has 10 aliphatic rings. The summed E-state index contributed by atoms with van der Waals surface area (Å²) in [5.74, 6) is 6.84. The van der Waals surface area contributed by atoms with E-state index in [9.17, 15) is 0 Å². The lowest BCUT2D eigenvalue weighted by Gasteiger charge is -2.61. The van der Waals surface area contributed by atoms with Crippen molar-refractivity contribution in [2.75, 3.05) is 4.90 Å². The van der Waals surface area contributed by atoms with Gasteiger partial charge in [0.2, 0.25) is 0 Å². The van der Waals surface area contributed by atoms with Crippen molar-refractivity contribution in [3.05, 3.63) is 150 Å². The lowest BCUT2D eigenvalue weighted by atomic mass is 9.43. The van der Waals surface area contributed by atoms with Crippen molar-refractivity contribution >= 4 is 27.8 Å². The van der Waals surface area contributed by atoms with E-state index in [1.807, 2.05) is 0 Å². The monoisotopic (exact) mass is 711 g/mol. The minimum atomic E-state index is 0.141. The lowest BCUT2D eigenvalue weighted by molar-refractivity contribution is -0.0399. The number of nitrogens with zero attached hydrogens (tertiary/aromatic N) is 1. The van der Waals surface area contributed by atoms with Gasteiger partial charge in [-0.3, -0.25) is 0 Å². The van der Waals surface area contributed by atoms with Gasteiger partial charge >= 0.3 is 0 Å². The molecule has 10 aliphatic carbocycles. The number of hydrogen-bond donors (Lipinski definition) is 0. The molecule has 16 rings (SSSR count). The third-order valence-electron chi connectivity index (χ3n) is 17.6. The number of fused-ring (bicyclic) bond motifs is 7. The first kappa shape index (κ1) is 30.6. The Morgan fingerprint density at radius 3 is 1.49 bits per heavy atom. The number of benzene rings is 6. The summed E-state index contributed by atoms with van der Waals surface area (Å²) >= 11 is 0. The largest absolute Gasteiger partial charge is 0.310 e. The Labute approximate surface area is 325 Å². The summed E-state index contributed by atoms with van der Waals surface area (Å²) in [6, 6.07) is 50.6. The van der Waals surface area contributed by atoms with Crippen LogP contribution < -0.4 is 4.90 Å². The van der Waals surface area contributed by atoms with Gasteiger partial charge in [0, 0.05) is 27.6 Å². The molecular weight excluding hydrogens is 663 g/mol. The molecule has 8 bridgehead atoms. The van der Waals surface area contributed by atoms with Gasteiger partial charge < -0.3 is 4.90 Å². The lowest BCUT2D eigenvalue weighted by Crippen LogP contribution is -2.55. The molecular formula is C54H49N. The van der Waals surface area contributed by atoms with E-state index in [2.05, 4.69) is 132 Å². The molecule has 8 saturated carbocycles. The van der Waals surface area contributed by atoms with E-state index in [1.165, 1.54) is 114 Å². The average molecular weight is 712 g/mol. The van der Waals surface area contributed by atoms with Crippen molar-refractivity contribution in [2.24, 2.45) is 47.3 Å². The smallest absolute Gasteiger partial charge is 0.0540 e. The van der Waals surface area contributed by atoms with Gasteiger partial charge in [-0.05, 0) is 192 Å². The summed E-state index contributed by atoms with van der Waals surface area (Å²) in [7, 11) is 0. The molecule has 0 radical (unpaired) electrons. The van der Waals surface area contributed by atoms with Crippen LogP contribution in [0.1, 0.15) is 86.5 Å². The first-order chi connectivity index (χ1) is 27.2. The zero-order valence-corrected chi connectivity index (χ0v) is 31.8. The van der Waals surface area contributed by atoms with Crippen LogP contribution in [-0.2, 0) is 10.8 Å². The summed E-state index contributed by atoms with van der Waals surface area (Å²) in [4.78, 5) is 2.65. The zero-order valence-electron chi connectivity index (χ0n) is 31.8. The molecule has 1 heteroatoms. The molecule has 55 heavy (non-hydrogen) atoms. The van der Waals surface area contributed by atoms with Crippen LogP contribution in [0.3, 0.4) is 0 Å². The van der Waals surface area contributed by atoms with Gasteiger partial charge in [-0.25, -0.2) is 0 Å². The van der Waals surface area contributed by atoms with E-state index < -0.39 is 0 Å². The average Bonchev–Trinajstić information content (AvgIpc) is 3.67. The number of hydrogen-bond acceptors (Lipinski definition) is 1. The van der Waals surface area contributed by atoms with Gasteiger partial charge in [-0.2, -0.15) is 0 Å². The highest BCUT2D eigenvalue weighted by molar-refractivity contribution is 6.00. The van der Waals surface area contributed by atoms with Crippen molar-refractivity contribution in [2.45, 2.75) is 75.0 Å². The van der Waals surface area contributed by atoms with Crippen molar-refractivity contribution in [1.82, 2.24) is 0 Å². The molecule has 2 spiro atoms. The highest BCUT2D eigenvalue weighted by Crippen LogP contribution is 2.71. The molecule has 0 saturated heterocycles. The molecule has 8 fully saturated rings. The van der Waals surface area contributed by atoms with E-state index >= 15 is 0 Å². The molecule has 270 valence electrons. The van der Waals surface area contributed by atoms with Crippen LogP contribution in [0.2, 0.25) is 0 Å². The predicted octanol–water partition coefficient (Wildman–Crippen LogP) is 13.8. The van der Waals surface area contributed by atoms with E-state index in [0.717, 1.165) is 47.3 Å². The van der Waals surface area contributed by atoms with Crippen LogP contribution in [0.15, 0.2) is 127 Å². The van der Waals surface area contributed by atoms with Gasteiger partial charge in [0.15, 0.2) is 0 Å². The second-order valence-electron chi connectivity index (χ2n) is 19.7. The second kappa shape index (κ2) is 10.6. The fraction of sp³-hybridized carbons (Fsp3) is 0.370. The summed E-state index contributed by atoms with van der Waals surface area (Å²) in [5, 5.41) is 2.62. The van der Waals surface area contributed by atoms with Crippen LogP contribution in [-0.4, -0.2) is 0 Å². The Morgan fingerprint density at radius 1 is 0.364 bits per heavy atom. The van der Waals surface area contributed by atoms with Crippen molar-refractivity contribution in [3.8, 4) is 22.3 Å². The van der Waals surface area contributed by atoms with Crippen LogP contribution in [0.4, 0.5) is 17.1 Å². The summed E-state index contributed by atoms with van der Waals surface area (Å²) in [5.41, 5.74) is 16.8. The molecule has 0 heterocycles. The van der Waals surface area contributed by atoms with Crippen LogP contribution in [0, 0.1) is 47.3 Å². The normalized spacial score (nSPS) is 34.7. The fourth-order valence-electron chi connectivity index (χ4n) is 16.4. The zero-order chi connectivity index (χ0) is 35.6. The predicted molar refractivity (Wildman–Crippen MR) is 225 cm³/mol. The van der Waals surface area contributed by atoms with Crippen LogP contribution in [0.25, 0.3) is 33.0 Å². The molecule has 6 aromatic rings. The van der Waals surface area contributed by atoms with E-state index in [-0.39, 0.29) is 10.8 Å². The molecule has 0 amide bonds. The van der Waals surface area contributed by atoms with Gasteiger partial charge in [-0.15, -0.1) is 0 Å². The topological polar surface area (TPSA) is 3.24 Å². The third-order valence-corrected chi connectivity index (χ3v) is 17.6. The molecule has 0 aromatic heterocycles. The Hall–Kier alpha value is -4.62. The van der Waals surface area contributed by atoms with Gasteiger partial charge in [-0.1, -0.05) is 97.1 Å². The van der Waals surface area contributed by atoms with Crippen LogP contribution >= 0.6 is 0 Å². The number of rotatable bonds is 3. The molecule has 0 N–H and O–H groups in total. The highest BCUT2D eigenvalue weighted by Gasteiger charge is 2.63. The van der Waals surface area contributed by atoms with E-state index in [4.69, 9.17) is 0 Å². The van der Waals surface area contributed by atoms with Crippen molar-refractivity contribution in [1.29, 1.82) is 0 Å². The first-order valence-electron chi connectivity index (χ1n) is 21.9. The summed E-state index contributed by atoms with van der Waals surface area (Å²) in [6.07, 6.45) is 14.3. The van der Waals surface area contributed by atoms with Gasteiger partial charge in [0.05, 0.1) is 5.69 Å². The Kier molecular flexibility index (Phi) is 5.90. The summed E-state index contributed by atoms with van der Waals surface area (Å²) < 4.78 is 0. The second-order valence-corrected chi connectivity index (χ2v) is 19.7. The fourth-order valence-corrected chi connectivity index (χ4v) is 16.4. The minimum absolute atomic E-state index is 0.141. The van der Waals surface area contributed by atoms with Crippen molar-refractivity contribution in [3.63, 3.8) is 0 Å². The quantitative estimate of drug-likeness (QED) is 0.177. The molecule has 0 unspecified atom stereocenters. The van der Waals surface area contributed by atoms with E-state index in [0.29, 0.717) is 0 Å². The molecule has 6 aromatic carbocycles. The van der Waals surface area contributed by atoms with Gasteiger partial charge in [0.25, 0.3) is 0 Å². The number of anilines is 3. The summed E-state index contributed by atoms with van der Waals surface area (Å²) in [6.45, 7) is 0. The SMILES string of the molecule is c1ccc2c(c1)-c1cc(N(c3ccc4c(c3)C3(c5ccccc5-4)C4CC5CC(C4)CC3C5)c3cccc4ccccc34)ccc1C21C2CC3CC(C2)CC1C3. The van der Waals surface area contributed by atoms with Crippen LogP contribution in [0.5, 0.6) is 0 Å². The molecule has 0 aliphatic heterocycles.